The number of methoxy groups -OCH3 is 1. The largest absolute Gasteiger partial charge is 0.496 e. The third-order valence-corrected chi connectivity index (χ3v) is 3.92. The van der Waals surface area contributed by atoms with Gasteiger partial charge in [-0.15, -0.1) is 0 Å². The van der Waals surface area contributed by atoms with Gasteiger partial charge in [0.15, 0.2) is 0 Å². The van der Waals surface area contributed by atoms with Crippen LogP contribution in [0.4, 0.5) is 0 Å². The molecule has 5 heteroatoms. The van der Waals surface area contributed by atoms with E-state index in [1.807, 2.05) is 18.2 Å². The first-order valence-corrected chi connectivity index (χ1v) is 7.98. The fourth-order valence-corrected chi connectivity index (χ4v) is 2.65. The molecule has 22 heavy (non-hydrogen) atoms. The first kappa shape index (κ1) is 16.5. The second-order valence-corrected chi connectivity index (χ2v) is 5.79. The van der Waals surface area contributed by atoms with Crippen molar-refractivity contribution in [2.24, 2.45) is 5.10 Å². The van der Waals surface area contributed by atoms with E-state index in [9.17, 15) is 4.79 Å². The molecule has 0 spiro atoms. The van der Waals surface area contributed by atoms with Gasteiger partial charge in [0.1, 0.15) is 5.75 Å². The van der Waals surface area contributed by atoms with Crippen LogP contribution in [0.25, 0.3) is 0 Å². The van der Waals surface area contributed by atoms with Gasteiger partial charge in [0, 0.05) is 11.8 Å². The number of hydrogen-bond donors (Lipinski definition) is 1. The van der Waals surface area contributed by atoms with Crippen LogP contribution in [0.3, 0.4) is 0 Å². The second-order valence-electron chi connectivity index (χ2n) is 4.63. The van der Waals surface area contributed by atoms with Crippen molar-refractivity contribution in [3.8, 4) is 5.75 Å². The van der Waals surface area contributed by atoms with Gasteiger partial charge in [0.2, 0.25) is 0 Å². The molecule has 1 N–H and O–H groups in total. The average Bonchev–Trinajstić information content (AvgIpc) is 2.55. The topological polar surface area (TPSA) is 50.7 Å². The molecule has 0 unspecified atom stereocenters. The van der Waals surface area contributed by atoms with Crippen molar-refractivity contribution >= 4 is 34.7 Å². The molecule has 0 aromatic heterocycles. The van der Waals surface area contributed by atoms with Gasteiger partial charge in [0.05, 0.1) is 10.7 Å². The number of halogens is 1. The number of ether oxygens (including phenoxy) is 1. The molecule has 0 aliphatic carbocycles. The summed E-state index contributed by atoms with van der Waals surface area (Å²) in [5, 5.41) is 3.98. The lowest BCUT2D eigenvalue weighted by Crippen LogP contribution is -2.17. The fraction of sp³-hybridized carbons (Fsp3) is 0.176. The zero-order valence-electron chi connectivity index (χ0n) is 12.3. The summed E-state index contributed by atoms with van der Waals surface area (Å²) in [5.41, 5.74) is 4.35. The summed E-state index contributed by atoms with van der Waals surface area (Å²) < 4.78 is 6.06. The quantitative estimate of drug-likeness (QED) is 0.451. The maximum absolute atomic E-state index is 12.0. The maximum atomic E-state index is 12.0. The Morgan fingerprint density at radius 2 is 2.05 bits per heavy atom. The van der Waals surface area contributed by atoms with E-state index >= 15 is 0 Å². The Hall–Kier alpha value is -1.89. The number of carbonyl (C=O) groups is 1. The van der Waals surface area contributed by atoms with E-state index in [0.717, 1.165) is 22.2 Å². The highest BCUT2D eigenvalue weighted by Gasteiger charge is 2.07. The van der Waals surface area contributed by atoms with Gasteiger partial charge in [-0.25, -0.2) is 5.43 Å². The standard InChI is InChI=1S/C17H17IN2O2/c1-22-16-10-9-14(12-15(16)18)17(21)20-19-11-5-8-13-6-3-2-4-7-13/h2-4,6-7,9-12H,5,8H2,1H3,(H,20,21)/b19-11+. The SMILES string of the molecule is COc1ccc(C(=O)N/N=C/CCc2ccccc2)cc1I. The molecule has 114 valence electrons. The molecule has 0 atom stereocenters. The van der Waals surface area contributed by atoms with Crippen LogP contribution >= 0.6 is 22.6 Å². The Bertz CT molecular complexity index is 657. The van der Waals surface area contributed by atoms with E-state index in [0.29, 0.717) is 5.56 Å². The Morgan fingerprint density at radius 3 is 2.73 bits per heavy atom. The van der Waals surface area contributed by atoms with Crippen LogP contribution in [0.1, 0.15) is 22.3 Å². The number of benzene rings is 2. The molecule has 0 aliphatic rings. The van der Waals surface area contributed by atoms with E-state index in [1.54, 1.807) is 31.5 Å². The highest BCUT2D eigenvalue weighted by molar-refractivity contribution is 14.1. The summed E-state index contributed by atoms with van der Waals surface area (Å²) in [6.45, 7) is 0. The molecule has 0 fully saturated rings. The van der Waals surface area contributed by atoms with Gasteiger partial charge >= 0.3 is 0 Å². The van der Waals surface area contributed by atoms with E-state index in [-0.39, 0.29) is 5.91 Å². The summed E-state index contributed by atoms with van der Waals surface area (Å²) in [5.74, 6) is 0.528. The first-order valence-electron chi connectivity index (χ1n) is 6.90. The van der Waals surface area contributed by atoms with Crippen LogP contribution in [0.15, 0.2) is 53.6 Å². The summed E-state index contributed by atoms with van der Waals surface area (Å²) >= 11 is 2.13. The fourth-order valence-electron chi connectivity index (χ4n) is 1.92. The summed E-state index contributed by atoms with van der Waals surface area (Å²) in [6.07, 6.45) is 3.41. The number of nitrogens with one attached hydrogen (secondary N) is 1. The van der Waals surface area contributed by atoms with Crippen LogP contribution in [0, 0.1) is 3.57 Å². The third-order valence-electron chi connectivity index (χ3n) is 3.08. The van der Waals surface area contributed by atoms with Crippen LogP contribution in [-0.2, 0) is 6.42 Å². The van der Waals surface area contributed by atoms with Crippen LogP contribution in [0.5, 0.6) is 5.75 Å². The predicted octanol–water partition coefficient (Wildman–Crippen LogP) is 3.65. The van der Waals surface area contributed by atoms with Gasteiger partial charge in [-0.3, -0.25) is 4.79 Å². The number of nitrogens with zero attached hydrogens (tertiary/aromatic N) is 1. The number of rotatable bonds is 6. The van der Waals surface area contributed by atoms with Crippen molar-refractivity contribution < 1.29 is 9.53 Å². The van der Waals surface area contributed by atoms with Crippen molar-refractivity contribution in [1.29, 1.82) is 0 Å². The minimum absolute atomic E-state index is 0.225. The molecule has 2 rings (SSSR count). The minimum atomic E-state index is -0.225. The molecule has 2 aromatic carbocycles. The monoisotopic (exact) mass is 408 g/mol. The van der Waals surface area contributed by atoms with Gasteiger partial charge in [-0.2, -0.15) is 5.10 Å². The van der Waals surface area contributed by atoms with Crippen molar-refractivity contribution in [3.63, 3.8) is 0 Å². The molecule has 4 nitrogen and oxygen atoms in total. The van der Waals surface area contributed by atoms with Crippen LogP contribution in [-0.4, -0.2) is 19.2 Å². The van der Waals surface area contributed by atoms with Gasteiger partial charge in [-0.1, -0.05) is 30.3 Å². The van der Waals surface area contributed by atoms with Gasteiger partial charge in [-0.05, 0) is 59.2 Å². The number of hydrazone groups is 1. The van der Waals surface area contributed by atoms with E-state index in [2.05, 4.69) is 45.3 Å². The van der Waals surface area contributed by atoms with Crippen molar-refractivity contribution in [1.82, 2.24) is 5.43 Å². The number of amides is 1. The van der Waals surface area contributed by atoms with Gasteiger partial charge in [0.25, 0.3) is 5.91 Å². The summed E-state index contributed by atoms with van der Waals surface area (Å²) in [7, 11) is 1.61. The van der Waals surface area contributed by atoms with Crippen LogP contribution in [0.2, 0.25) is 0 Å². The molecular formula is C17H17IN2O2. The Kier molecular flexibility index (Phi) is 6.39. The number of carbonyl (C=O) groups excluding carboxylic acids is 1. The van der Waals surface area contributed by atoms with E-state index < -0.39 is 0 Å². The molecular weight excluding hydrogens is 391 g/mol. The zero-order chi connectivity index (χ0) is 15.8. The molecule has 2 aromatic rings. The molecule has 0 bridgehead atoms. The summed E-state index contributed by atoms with van der Waals surface area (Å²) in [6, 6.07) is 15.4. The lowest BCUT2D eigenvalue weighted by atomic mass is 10.1. The second kappa shape index (κ2) is 8.53. The van der Waals surface area contributed by atoms with Crippen molar-refractivity contribution in [2.75, 3.05) is 7.11 Å². The highest BCUT2D eigenvalue weighted by atomic mass is 127. The lowest BCUT2D eigenvalue weighted by molar-refractivity contribution is 0.0955. The minimum Gasteiger partial charge on any atom is -0.496 e. The Labute approximate surface area is 143 Å². The smallest absolute Gasteiger partial charge is 0.271 e. The highest BCUT2D eigenvalue weighted by Crippen LogP contribution is 2.21. The Morgan fingerprint density at radius 1 is 1.27 bits per heavy atom. The molecule has 1 amide bonds. The molecule has 0 radical (unpaired) electrons. The van der Waals surface area contributed by atoms with Gasteiger partial charge < -0.3 is 4.74 Å². The van der Waals surface area contributed by atoms with Crippen LogP contribution < -0.4 is 10.2 Å². The predicted molar refractivity (Wildman–Crippen MR) is 96.4 cm³/mol. The van der Waals surface area contributed by atoms with Crippen molar-refractivity contribution in [2.45, 2.75) is 12.8 Å². The number of hydrogen-bond acceptors (Lipinski definition) is 3. The first-order chi connectivity index (χ1) is 10.7. The van der Waals surface area contributed by atoms with E-state index in [4.69, 9.17) is 4.74 Å². The number of aryl methyl sites for hydroxylation is 1. The Balaban J connectivity index is 1.82. The van der Waals surface area contributed by atoms with Crippen molar-refractivity contribution in [3.05, 3.63) is 63.2 Å². The normalized spacial score (nSPS) is 10.6. The third kappa shape index (κ3) is 4.84. The lowest BCUT2D eigenvalue weighted by Gasteiger charge is -2.05. The molecule has 0 saturated carbocycles. The average molecular weight is 408 g/mol. The molecule has 0 saturated heterocycles. The zero-order valence-corrected chi connectivity index (χ0v) is 14.4. The summed E-state index contributed by atoms with van der Waals surface area (Å²) in [4.78, 5) is 12.0. The van der Waals surface area contributed by atoms with E-state index in [1.165, 1.54) is 5.56 Å². The molecule has 0 heterocycles. The molecule has 0 aliphatic heterocycles. The maximum Gasteiger partial charge on any atom is 0.271 e.